The van der Waals surface area contributed by atoms with Crippen LogP contribution in [0.2, 0.25) is 0 Å². The second kappa shape index (κ2) is 8.08. The molecule has 22 heavy (non-hydrogen) atoms. The van der Waals surface area contributed by atoms with Gasteiger partial charge in [-0.15, -0.1) is 0 Å². The Balaban J connectivity index is 3.00. The summed E-state index contributed by atoms with van der Waals surface area (Å²) >= 11 is 3.38. The van der Waals surface area contributed by atoms with Gasteiger partial charge >= 0.3 is 5.97 Å². The van der Waals surface area contributed by atoms with Gasteiger partial charge in [0.2, 0.25) is 10.0 Å². The molecule has 0 fully saturated rings. The normalized spacial score (nSPS) is 13.6. The largest absolute Gasteiger partial charge is 0.465 e. The minimum atomic E-state index is -3.77. The van der Waals surface area contributed by atoms with Crippen LogP contribution in [-0.2, 0) is 19.6 Å². The number of carbonyl (C=O) groups is 1. The van der Waals surface area contributed by atoms with Crippen molar-refractivity contribution in [2.24, 2.45) is 5.41 Å². The number of carbonyl (C=O) groups excluding carboxylic acids is 1. The third kappa shape index (κ3) is 5.70. The average Bonchev–Trinajstić information content (AvgIpc) is 2.47. The van der Waals surface area contributed by atoms with Gasteiger partial charge in [0.05, 0.1) is 11.5 Å². The first kappa shape index (κ1) is 19.1. The molecular weight excluding hydrogens is 370 g/mol. The van der Waals surface area contributed by atoms with Crippen molar-refractivity contribution in [3.05, 3.63) is 30.3 Å². The predicted molar refractivity (Wildman–Crippen MR) is 89.4 cm³/mol. The summed E-state index contributed by atoms with van der Waals surface area (Å²) in [7, 11) is -3.77. The molecule has 0 aliphatic carbocycles. The molecular formula is C15H22BrNO4S. The number of nitrogens with one attached hydrogen (secondary N) is 1. The van der Waals surface area contributed by atoms with Gasteiger partial charge in [0, 0.05) is 5.33 Å². The van der Waals surface area contributed by atoms with Crippen LogP contribution in [0.15, 0.2) is 35.2 Å². The minimum Gasteiger partial charge on any atom is -0.465 e. The molecule has 0 unspecified atom stereocenters. The first-order valence-corrected chi connectivity index (χ1v) is 9.62. The number of hydrogen-bond acceptors (Lipinski definition) is 4. The molecule has 1 aromatic carbocycles. The summed E-state index contributed by atoms with van der Waals surface area (Å²) < 4.78 is 32.2. The molecule has 0 amide bonds. The monoisotopic (exact) mass is 391 g/mol. The number of alkyl halides is 1. The van der Waals surface area contributed by atoms with E-state index in [1.165, 1.54) is 12.1 Å². The predicted octanol–water partition coefficient (Wildman–Crippen LogP) is 2.71. The molecule has 0 saturated carbocycles. The van der Waals surface area contributed by atoms with Crippen molar-refractivity contribution in [2.45, 2.75) is 38.1 Å². The van der Waals surface area contributed by atoms with E-state index in [1.54, 1.807) is 25.1 Å². The van der Waals surface area contributed by atoms with Gasteiger partial charge in [-0.25, -0.2) is 8.42 Å². The Kier molecular flexibility index (Phi) is 7.02. The average molecular weight is 392 g/mol. The number of rotatable bonds is 8. The zero-order valence-electron chi connectivity index (χ0n) is 13.0. The van der Waals surface area contributed by atoms with Gasteiger partial charge in [0.25, 0.3) is 0 Å². The van der Waals surface area contributed by atoms with Crippen LogP contribution in [-0.4, -0.2) is 32.4 Å². The standard InChI is InChI=1S/C15H22BrNO4S/c1-4-21-14(18)13(10-15(2,3)11-16)17-22(19,20)12-8-6-5-7-9-12/h5-9,13,17H,4,10-11H2,1-3H3/t13-/m0/s1. The SMILES string of the molecule is CCOC(=O)[C@H](CC(C)(C)CBr)NS(=O)(=O)c1ccccc1. The number of benzene rings is 1. The Morgan fingerprint density at radius 2 is 1.91 bits per heavy atom. The molecule has 0 spiro atoms. The number of esters is 1. The summed E-state index contributed by atoms with van der Waals surface area (Å²) in [4.78, 5) is 12.2. The molecule has 1 rings (SSSR count). The maximum absolute atomic E-state index is 12.4. The highest BCUT2D eigenvalue weighted by Crippen LogP contribution is 2.26. The highest BCUT2D eigenvalue weighted by Gasteiger charge is 2.32. The van der Waals surface area contributed by atoms with Crippen molar-refractivity contribution in [3.8, 4) is 0 Å². The maximum Gasteiger partial charge on any atom is 0.324 e. The van der Waals surface area contributed by atoms with E-state index in [2.05, 4.69) is 20.7 Å². The van der Waals surface area contributed by atoms with Crippen molar-refractivity contribution >= 4 is 31.9 Å². The van der Waals surface area contributed by atoms with Crippen molar-refractivity contribution in [2.75, 3.05) is 11.9 Å². The topological polar surface area (TPSA) is 72.5 Å². The van der Waals surface area contributed by atoms with Crippen LogP contribution in [0.25, 0.3) is 0 Å². The molecule has 1 atom stereocenters. The lowest BCUT2D eigenvalue weighted by molar-refractivity contribution is -0.145. The van der Waals surface area contributed by atoms with E-state index in [4.69, 9.17) is 4.74 Å². The van der Waals surface area contributed by atoms with E-state index in [9.17, 15) is 13.2 Å². The first-order valence-electron chi connectivity index (χ1n) is 7.02. The van der Waals surface area contributed by atoms with Crippen LogP contribution in [0.1, 0.15) is 27.2 Å². The van der Waals surface area contributed by atoms with E-state index < -0.39 is 22.0 Å². The molecule has 0 bridgehead atoms. The van der Waals surface area contributed by atoms with Crippen LogP contribution >= 0.6 is 15.9 Å². The highest BCUT2D eigenvalue weighted by molar-refractivity contribution is 9.09. The van der Waals surface area contributed by atoms with Gasteiger partial charge in [-0.2, -0.15) is 4.72 Å². The Morgan fingerprint density at radius 3 is 2.41 bits per heavy atom. The molecule has 0 heterocycles. The zero-order chi connectivity index (χ0) is 16.8. The van der Waals surface area contributed by atoms with Gasteiger partial charge in [0.15, 0.2) is 0 Å². The zero-order valence-corrected chi connectivity index (χ0v) is 15.4. The van der Waals surface area contributed by atoms with E-state index in [1.807, 2.05) is 13.8 Å². The highest BCUT2D eigenvalue weighted by atomic mass is 79.9. The van der Waals surface area contributed by atoms with Crippen LogP contribution in [0.4, 0.5) is 0 Å². The molecule has 124 valence electrons. The van der Waals surface area contributed by atoms with Crippen molar-refractivity contribution in [3.63, 3.8) is 0 Å². The lowest BCUT2D eigenvalue weighted by Crippen LogP contribution is -2.44. The smallest absolute Gasteiger partial charge is 0.324 e. The van der Waals surface area contributed by atoms with Crippen LogP contribution in [0.3, 0.4) is 0 Å². The number of ether oxygens (including phenoxy) is 1. The molecule has 0 aliphatic rings. The van der Waals surface area contributed by atoms with Gasteiger partial charge < -0.3 is 4.74 Å². The van der Waals surface area contributed by atoms with Gasteiger partial charge in [-0.3, -0.25) is 4.79 Å². The second-order valence-electron chi connectivity index (χ2n) is 5.74. The molecule has 0 aliphatic heterocycles. The summed E-state index contributed by atoms with van der Waals surface area (Å²) in [6.45, 7) is 5.79. The lowest BCUT2D eigenvalue weighted by Gasteiger charge is -2.27. The summed E-state index contributed by atoms with van der Waals surface area (Å²) in [6.07, 6.45) is 0.336. The van der Waals surface area contributed by atoms with Crippen LogP contribution in [0.5, 0.6) is 0 Å². The molecule has 7 heteroatoms. The third-order valence-corrected chi connectivity index (χ3v) is 6.05. The molecule has 1 aromatic rings. The Hall–Kier alpha value is -0.920. The molecule has 0 radical (unpaired) electrons. The molecule has 0 saturated heterocycles. The Labute approximate surface area is 140 Å². The van der Waals surface area contributed by atoms with Crippen LogP contribution in [0, 0.1) is 5.41 Å². The summed E-state index contributed by atoms with van der Waals surface area (Å²) in [6, 6.07) is 7.06. The molecule has 5 nitrogen and oxygen atoms in total. The van der Waals surface area contributed by atoms with E-state index in [0.717, 1.165) is 0 Å². The molecule has 1 N–H and O–H groups in total. The van der Waals surface area contributed by atoms with Gasteiger partial charge in [-0.05, 0) is 30.9 Å². The van der Waals surface area contributed by atoms with E-state index >= 15 is 0 Å². The van der Waals surface area contributed by atoms with Crippen molar-refractivity contribution < 1.29 is 17.9 Å². The lowest BCUT2D eigenvalue weighted by atomic mass is 9.88. The number of sulfonamides is 1. The fourth-order valence-corrected chi connectivity index (χ4v) is 3.31. The fraction of sp³-hybridized carbons (Fsp3) is 0.533. The summed E-state index contributed by atoms with van der Waals surface area (Å²) in [5.74, 6) is -0.559. The van der Waals surface area contributed by atoms with E-state index in [-0.39, 0.29) is 16.9 Å². The van der Waals surface area contributed by atoms with Crippen molar-refractivity contribution in [1.29, 1.82) is 0 Å². The summed E-state index contributed by atoms with van der Waals surface area (Å²) in [5.41, 5.74) is -0.253. The van der Waals surface area contributed by atoms with E-state index in [0.29, 0.717) is 11.8 Å². The third-order valence-electron chi connectivity index (χ3n) is 3.04. The molecule has 0 aromatic heterocycles. The second-order valence-corrected chi connectivity index (χ2v) is 8.02. The summed E-state index contributed by atoms with van der Waals surface area (Å²) in [5, 5.41) is 0.642. The van der Waals surface area contributed by atoms with Gasteiger partial charge in [-0.1, -0.05) is 48.0 Å². The first-order chi connectivity index (χ1) is 10.2. The van der Waals surface area contributed by atoms with Gasteiger partial charge in [0.1, 0.15) is 6.04 Å². The number of hydrogen-bond donors (Lipinski definition) is 1. The Morgan fingerprint density at radius 1 is 1.32 bits per heavy atom. The number of halogens is 1. The van der Waals surface area contributed by atoms with Crippen molar-refractivity contribution in [1.82, 2.24) is 4.72 Å². The minimum absolute atomic E-state index is 0.126. The van der Waals surface area contributed by atoms with Crippen LogP contribution < -0.4 is 4.72 Å². The quantitative estimate of drug-likeness (QED) is 0.546. The maximum atomic E-state index is 12.4. The Bertz CT molecular complexity index is 587. The fourth-order valence-electron chi connectivity index (χ4n) is 1.88.